The van der Waals surface area contributed by atoms with Crippen molar-refractivity contribution in [1.82, 2.24) is 9.97 Å². The van der Waals surface area contributed by atoms with Crippen LogP contribution in [0.25, 0.3) is 0 Å². The molecule has 0 aliphatic carbocycles. The molecule has 0 N–H and O–H groups in total. The predicted octanol–water partition coefficient (Wildman–Crippen LogP) is 2.81. The van der Waals surface area contributed by atoms with Crippen molar-refractivity contribution >= 4 is 17.3 Å². The van der Waals surface area contributed by atoms with Crippen LogP contribution in [0.2, 0.25) is 0 Å². The van der Waals surface area contributed by atoms with Crippen LogP contribution in [-0.2, 0) is 4.74 Å². The Morgan fingerprint density at radius 1 is 1.37 bits per heavy atom. The van der Waals surface area contributed by atoms with Crippen LogP contribution in [-0.4, -0.2) is 29.2 Å². The van der Waals surface area contributed by atoms with Crippen LogP contribution in [0.5, 0.6) is 0 Å². The van der Waals surface area contributed by atoms with Crippen LogP contribution in [0, 0.1) is 6.92 Å². The van der Waals surface area contributed by atoms with Crippen molar-refractivity contribution in [3.05, 3.63) is 40.3 Å². The zero-order valence-corrected chi connectivity index (χ0v) is 11.9. The van der Waals surface area contributed by atoms with E-state index in [1.54, 1.807) is 11.3 Å². The second kappa shape index (κ2) is 5.27. The molecule has 0 amide bonds. The molecule has 2 atom stereocenters. The highest BCUT2D eigenvalue weighted by Gasteiger charge is 2.28. The summed E-state index contributed by atoms with van der Waals surface area (Å²) < 4.78 is 6.02. The quantitative estimate of drug-likeness (QED) is 0.844. The largest absolute Gasteiger partial charge is 0.367 e. The minimum Gasteiger partial charge on any atom is -0.367 e. The third-order valence-corrected chi connectivity index (χ3v) is 3.94. The van der Waals surface area contributed by atoms with Crippen molar-refractivity contribution in [1.29, 1.82) is 0 Å². The van der Waals surface area contributed by atoms with Gasteiger partial charge in [0.05, 0.1) is 12.6 Å². The van der Waals surface area contributed by atoms with E-state index in [1.165, 1.54) is 5.56 Å². The number of aromatic nitrogens is 2. The van der Waals surface area contributed by atoms with Gasteiger partial charge in [-0.3, -0.25) is 0 Å². The molecule has 5 heteroatoms. The lowest BCUT2D eigenvalue weighted by atomic mass is 10.1. The van der Waals surface area contributed by atoms with Crippen LogP contribution in [0.3, 0.4) is 0 Å². The molecule has 0 spiro atoms. The van der Waals surface area contributed by atoms with Crippen LogP contribution < -0.4 is 4.90 Å². The number of thiophene rings is 1. The first-order valence-electron chi connectivity index (χ1n) is 6.44. The molecule has 2 aromatic heterocycles. The molecule has 1 fully saturated rings. The smallest absolute Gasteiger partial charge is 0.225 e. The first-order chi connectivity index (χ1) is 9.22. The molecule has 2 aromatic rings. The number of hydrogen-bond donors (Lipinski definition) is 0. The average Bonchev–Trinajstić information content (AvgIpc) is 2.92. The molecule has 4 nitrogen and oxygen atoms in total. The summed E-state index contributed by atoms with van der Waals surface area (Å²) in [4.78, 5) is 11.1. The number of hydrogen-bond acceptors (Lipinski definition) is 5. The fraction of sp³-hybridized carbons (Fsp3) is 0.429. The van der Waals surface area contributed by atoms with Gasteiger partial charge in [-0.15, -0.1) is 0 Å². The summed E-state index contributed by atoms with van der Waals surface area (Å²) in [6, 6.07) is 4.05. The fourth-order valence-electron chi connectivity index (χ4n) is 2.35. The van der Waals surface area contributed by atoms with Crippen molar-refractivity contribution < 1.29 is 4.74 Å². The first kappa shape index (κ1) is 12.6. The van der Waals surface area contributed by atoms with Crippen molar-refractivity contribution in [2.45, 2.75) is 26.1 Å². The van der Waals surface area contributed by atoms with E-state index < -0.39 is 0 Å². The number of ether oxygens (including phenoxy) is 1. The van der Waals surface area contributed by atoms with Gasteiger partial charge in [-0.25, -0.2) is 9.97 Å². The van der Waals surface area contributed by atoms with E-state index in [0.717, 1.165) is 24.7 Å². The molecule has 1 saturated heterocycles. The Morgan fingerprint density at radius 3 is 3.00 bits per heavy atom. The molecule has 19 heavy (non-hydrogen) atoms. The SMILES string of the molecule is Cc1ccnc(N2CC(C)OC(c3ccsc3)C2)n1. The zero-order chi connectivity index (χ0) is 13.2. The van der Waals surface area contributed by atoms with E-state index in [4.69, 9.17) is 4.74 Å². The van der Waals surface area contributed by atoms with E-state index in [-0.39, 0.29) is 12.2 Å². The van der Waals surface area contributed by atoms with Crippen molar-refractivity contribution in [3.8, 4) is 0 Å². The fourth-order valence-corrected chi connectivity index (χ4v) is 3.05. The van der Waals surface area contributed by atoms with Crippen molar-refractivity contribution in [2.75, 3.05) is 18.0 Å². The first-order valence-corrected chi connectivity index (χ1v) is 7.39. The highest BCUT2D eigenvalue weighted by molar-refractivity contribution is 7.07. The van der Waals surface area contributed by atoms with Gasteiger partial charge in [-0.1, -0.05) is 0 Å². The van der Waals surface area contributed by atoms with Gasteiger partial charge in [0.1, 0.15) is 6.10 Å². The number of morpholine rings is 1. The zero-order valence-electron chi connectivity index (χ0n) is 11.1. The summed E-state index contributed by atoms with van der Waals surface area (Å²) in [5, 5.41) is 4.24. The van der Waals surface area contributed by atoms with Crippen LogP contribution in [0.1, 0.15) is 24.3 Å². The Kier molecular flexibility index (Phi) is 3.48. The maximum absolute atomic E-state index is 6.02. The van der Waals surface area contributed by atoms with Gasteiger partial charge in [0.2, 0.25) is 5.95 Å². The third-order valence-electron chi connectivity index (χ3n) is 3.24. The maximum Gasteiger partial charge on any atom is 0.225 e. The van der Waals surface area contributed by atoms with Crippen LogP contribution in [0.4, 0.5) is 5.95 Å². The molecular formula is C14H17N3OS. The Hall–Kier alpha value is -1.46. The summed E-state index contributed by atoms with van der Waals surface area (Å²) in [7, 11) is 0. The van der Waals surface area contributed by atoms with Gasteiger partial charge in [-0.05, 0) is 42.3 Å². The Bertz CT molecular complexity index is 543. The normalized spacial score (nSPS) is 23.6. The maximum atomic E-state index is 6.02. The van der Waals surface area contributed by atoms with Crippen molar-refractivity contribution in [3.63, 3.8) is 0 Å². The van der Waals surface area contributed by atoms with Gasteiger partial charge in [-0.2, -0.15) is 11.3 Å². The molecular weight excluding hydrogens is 258 g/mol. The van der Waals surface area contributed by atoms with Gasteiger partial charge in [0, 0.05) is 18.4 Å². The molecule has 3 rings (SSSR count). The molecule has 3 heterocycles. The van der Waals surface area contributed by atoms with Crippen LogP contribution in [0.15, 0.2) is 29.1 Å². The number of nitrogens with zero attached hydrogens (tertiary/aromatic N) is 3. The standard InChI is InChI=1S/C14H17N3OS/c1-10-3-5-15-14(16-10)17-7-11(2)18-13(8-17)12-4-6-19-9-12/h3-6,9,11,13H,7-8H2,1-2H3. The van der Waals surface area contributed by atoms with E-state index in [0.29, 0.717) is 0 Å². The Labute approximate surface area is 117 Å². The van der Waals surface area contributed by atoms with E-state index >= 15 is 0 Å². The molecule has 100 valence electrons. The molecule has 2 unspecified atom stereocenters. The third kappa shape index (κ3) is 2.77. The molecule has 1 aliphatic heterocycles. The highest BCUT2D eigenvalue weighted by atomic mass is 32.1. The van der Waals surface area contributed by atoms with Crippen molar-refractivity contribution in [2.24, 2.45) is 0 Å². The molecule has 0 saturated carbocycles. The molecule has 1 aliphatic rings. The van der Waals surface area contributed by atoms with Crippen LogP contribution >= 0.6 is 11.3 Å². The number of anilines is 1. The Morgan fingerprint density at radius 2 is 2.26 bits per heavy atom. The van der Waals surface area contributed by atoms with Gasteiger partial charge in [0.15, 0.2) is 0 Å². The molecule has 0 bridgehead atoms. The molecule has 0 aromatic carbocycles. The summed E-state index contributed by atoms with van der Waals surface area (Å²) in [5.74, 6) is 0.801. The van der Waals surface area contributed by atoms with E-state index in [2.05, 4.69) is 38.6 Å². The second-order valence-corrected chi connectivity index (χ2v) is 5.68. The highest BCUT2D eigenvalue weighted by Crippen LogP contribution is 2.28. The second-order valence-electron chi connectivity index (χ2n) is 4.90. The summed E-state index contributed by atoms with van der Waals surface area (Å²) in [6.45, 7) is 5.74. The topological polar surface area (TPSA) is 38.2 Å². The minimum atomic E-state index is 0.110. The number of aryl methyl sites for hydroxylation is 1. The predicted molar refractivity (Wildman–Crippen MR) is 76.6 cm³/mol. The summed E-state index contributed by atoms with van der Waals surface area (Å²) in [5.41, 5.74) is 2.24. The minimum absolute atomic E-state index is 0.110. The van der Waals surface area contributed by atoms with E-state index in [1.807, 2.05) is 19.2 Å². The number of rotatable bonds is 2. The van der Waals surface area contributed by atoms with Gasteiger partial charge < -0.3 is 9.64 Å². The van der Waals surface area contributed by atoms with Gasteiger partial charge >= 0.3 is 0 Å². The lowest BCUT2D eigenvalue weighted by molar-refractivity contribution is -0.0176. The van der Waals surface area contributed by atoms with Gasteiger partial charge in [0.25, 0.3) is 0 Å². The van der Waals surface area contributed by atoms with E-state index in [9.17, 15) is 0 Å². The lowest BCUT2D eigenvalue weighted by Crippen LogP contribution is -2.43. The molecule has 0 radical (unpaired) electrons. The lowest BCUT2D eigenvalue weighted by Gasteiger charge is -2.36. The average molecular weight is 275 g/mol. The Balaban J connectivity index is 1.83. The monoisotopic (exact) mass is 275 g/mol. The summed E-state index contributed by atoms with van der Waals surface area (Å²) in [6.07, 6.45) is 2.11. The summed E-state index contributed by atoms with van der Waals surface area (Å²) >= 11 is 1.70.